The van der Waals surface area contributed by atoms with Crippen molar-refractivity contribution in [2.75, 3.05) is 39.2 Å². The van der Waals surface area contributed by atoms with Crippen molar-refractivity contribution in [2.45, 2.75) is 20.4 Å². The molecule has 1 rings (SSSR count). The Morgan fingerprint density at radius 3 is 2.71 bits per heavy atom. The summed E-state index contributed by atoms with van der Waals surface area (Å²) in [6, 6.07) is 0. The molecule has 0 aliphatic rings. The first-order chi connectivity index (χ1) is 8.15. The lowest BCUT2D eigenvalue weighted by atomic mass is 10.2. The third-order valence-electron chi connectivity index (χ3n) is 2.27. The summed E-state index contributed by atoms with van der Waals surface area (Å²) in [7, 11) is 3.60. The van der Waals surface area contributed by atoms with E-state index in [1.54, 1.807) is 18.4 Å². The predicted octanol–water partition coefficient (Wildman–Crippen LogP) is 1.68. The summed E-state index contributed by atoms with van der Waals surface area (Å²) >= 11 is 1.61. The Bertz CT molecular complexity index is 316. The minimum Gasteiger partial charge on any atom is -0.383 e. The minimum atomic E-state index is 0.642. The number of aromatic nitrogens is 2. The number of hydrogen-bond donors (Lipinski definition) is 1. The molecule has 0 amide bonds. The molecule has 0 radical (unpaired) electrons. The summed E-state index contributed by atoms with van der Waals surface area (Å²) in [5, 5.41) is 13.1. The lowest BCUT2D eigenvalue weighted by Crippen LogP contribution is -2.30. The monoisotopic (exact) mass is 258 g/mol. The standard InChI is InChI=1S/C11H22N4OS/c1-9(2)7-15(5-6-16-4)8-10-13-14-11(12-3)17-10/h9H,5-8H2,1-4H3,(H,12,14). The van der Waals surface area contributed by atoms with Crippen LogP contribution in [0.2, 0.25) is 0 Å². The SMILES string of the molecule is CNc1nnc(CN(CCOC)CC(C)C)s1. The zero-order valence-corrected chi connectivity index (χ0v) is 11.9. The van der Waals surface area contributed by atoms with E-state index in [-0.39, 0.29) is 0 Å². The van der Waals surface area contributed by atoms with E-state index in [2.05, 4.69) is 34.3 Å². The van der Waals surface area contributed by atoms with Crippen molar-refractivity contribution in [2.24, 2.45) is 5.92 Å². The van der Waals surface area contributed by atoms with E-state index in [9.17, 15) is 0 Å². The summed E-state index contributed by atoms with van der Waals surface area (Å²) in [5.41, 5.74) is 0. The normalized spacial score (nSPS) is 11.4. The first-order valence-electron chi connectivity index (χ1n) is 5.87. The lowest BCUT2D eigenvalue weighted by Gasteiger charge is -2.22. The fraction of sp³-hybridized carbons (Fsp3) is 0.818. The zero-order chi connectivity index (χ0) is 12.7. The van der Waals surface area contributed by atoms with Gasteiger partial charge in [-0.3, -0.25) is 4.90 Å². The number of ether oxygens (including phenoxy) is 1. The molecule has 0 aromatic carbocycles. The molecule has 1 N–H and O–H groups in total. The molecule has 6 heteroatoms. The zero-order valence-electron chi connectivity index (χ0n) is 11.1. The fourth-order valence-corrected chi connectivity index (χ4v) is 2.32. The average Bonchev–Trinajstić information content (AvgIpc) is 2.73. The molecular formula is C11H22N4OS. The van der Waals surface area contributed by atoms with Gasteiger partial charge in [-0.05, 0) is 5.92 Å². The topological polar surface area (TPSA) is 50.3 Å². The second kappa shape index (κ2) is 7.58. The Kier molecular flexibility index (Phi) is 6.39. The highest BCUT2D eigenvalue weighted by atomic mass is 32.1. The third kappa shape index (κ3) is 5.43. The van der Waals surface area contributed by atoms with Crippen molar-refractivity contribution in [3.63, 3.8) is 0 Å². The molecule has 1 aromatic heterocycles. The van der Waals surface area contributed by atoms with Crippen molar-refractivity contribution < 1.29 is 4.74 Å². The molecule has 1 aromatic rings. The molecule has 0 atom stereocenters. The number of anilines is 1. The van der Waals surface area contributed by atoms with Crippen LogP contribution < -0.4 is 5.32 Å². The van der Waals surface area contributed by atoms with E-state index in [4.69, 9.17) is 4.74 Å². The first-order valence-corrected chi connectivity index (χ1v) is 6.68. The van der Waals surface area contributed by atoms with Crippen LogP contribution in [0.15, 0.2) is 0 Å². The van der Waals surface area contributed by atoms with Gasteiger partial charge >= 0.3 is 0 Å². The average molecular weight is 258 g/mol. The van der Waals surface area contributed by atoms with Gasteiger partial charge in [0, 0.05) is 27.2 Å². The second-order valence-electron chi connectivity index (χ2n) is 4.37. The molecule has 5 nitrogen and oxygen atoms in total. The highest BCUT2D eigenvalue weighted by Gasteiger charge is 2.11. The Morgan fingerprint density at radius 1 is 1.41 bits per heavy atom. The maximum atomic E-state index is 5.13. The van der Waals surface area contributed by atoms with E-state index in [1.165, 1.54) is 0 Å². The Morgan fingerprint density at radius 2 is 2.18 bits per heavy atom. The van der Waals surface area contributed by atoms with Crippen molar-refractivity contribution >= 4 is 16.5 Å². The minimum absolute atomic E-state index is 0.642. The molecule has 0 unspecified atom stereocenters. The quantitative estimate of drug-likeness (QED) is 0.769. The maximum absolute atomic E-state index is 5.13. The van der Waals surface area contributed by atoms with Gasteiger partial charge in [0.25, 0.3) is 0 Å². The van der Waals surface area contributed by atoms with E-state index >= 15 is 0 Å². The van der Waals surface area contributed by atoms with E-state index in [0.717, 1.165) is 36.4 Å². The van der Waals surface area contributed by atoms with E-state index in [1.807, 2.05) is 7.05 Å². The second-order valence-corrected chi connectivity index (χ2v) is 5.43. The van der Waals surface area contributed by atoms with Gasteiger partial charge < -0.3 is 10.1 Å². The van der Waals surface area contributed by atoms with Crippen LogP contribution in [0.5, 0.6) is 0 Å². The molecule has 98 valence electrons. The molecule has 0 bridgehead atoms. The number of nitrogens with one attached hydrogen (secondary N) is 1. The van der Waals surface area contributed by atoms with Crippen LogP contribution in [-0.2, 0) is 11.3 Å². The van der Waals surface area contributed by atoms with Crippen LogP contribution in [0, 0.1) is 5.92 Å². The Balaban J connectivity index is 2.51. The lowest BCUT2D eigenvalue weighted by molar-refractivity contribution is 0.136. The van der Waals surface area contributed by atoms with Crippen LogP contribution in [0.25, 0.3) is 0 Å². The van der Waals surface area contributed by atoms with Crippen molar-refractivity contribution in [1.82, 2.24) is 15.1 Å². The molecule has 0 aliphatic heterocycles. The predicted molar refractivity (Wildman–Crippen MR) is 71.4 cm³/mol. The van der Waals surface area contributed by atoms with Crippen LogP contribution in [0.1, 0.15) is 18.9 Å². The first kappa shape index (κ1) is 14.3. The van der Waals surface area contributed by atoms with Crippen molar-refractivity contribution in [3.05, 3.63) is 5.01 Å². The summed E-state index contributed by atoms with van der Waals surface area (Å²) in [6.07, 6.45) is 0. The summed E-state index contributed by atoms with van der Waals surface area (Å²) in [4.78, 5) is 2.36. The molecule has 0 fully saturated rings. The molecular weight excluding hydrogens is 236 g/mol. The van der Waals surface area contributed by atoms with E-state index in [0.29, 0.717) is 5.92 Å². The van der Waals surface area contributed by atoms with Crippen LogP contribution >= 0.6 is 11.3 Å². The van der Waals surface area contributed by atoms with Gasteiger partial charge in [0.05, 0.1) is 13.2 Å². The molecule has 0 saturated heterocycles. The van der Waals surface area contributed by atoms with Gasteiger partial charge in [-0.1, -0.05) is 25.2 Å². The molecule has 0 saturated carbocycles. The fourth-order valence-electron chi connectivity index (χ4n) is 1.58. The molecule has 0 aliphatic carbocycles. The molecule has 17 heavy (non-hydrogen) atoms. The Labute approximate surface area is 107 Å². The largest absolute Gasteiger partial charge is 0.383 e. The van der Waals surface area contributed by atoms with Crippen molar-refractivity contribution in [3.8, 4) is 0 Å². The highest BCUT2D eigenvalue weighted by Crippen LogP contribution is 2.16. The van der Waals surface area contributed by atoms with Gasteiger partial charge in [0.15, 0.2) is 0 Å². The highest BCUT2D eigenvalue weighted by molar-refractivity contribution is 7.15. The Hall–Kier alpha value is -0.720. The van der Waals surface area contributed by atoms with Crippen LogP contribution in [0.4, 0.5) is 5.13 Å². The van der Waals surface area contributed by atoms with Crippen LogP contribution in [-0.4, -0.2) is 49.0 Å². The molecule has 0 spiro atoms. The third-order valence-corrected chi connectivity index (χ3v) is 3.20. The number of nitrogens with zero attached hydrogens (tertiary/aromatic N) is 3. The summed E-state index contributed by atoms with van der Waals surface area (Å²) in [6.45, 7) is 8.03. The summed E-state index contributed by atoms with van der Waals surface area (Å²) in [5.74, 6) is 0.642. The van der Waals surface area contributed by atoms with Crippen LogP contribution in [0.3, 0.4) is 0 Å². The van der Waals surface area contributed by atoms with Crippen molar-refractivity contribution in [1.29, 1.82) is 0 Å². The van der Waals surface area contributed by atoms with Gasteiger partial charge in [0.2, 0.25) is 5.13 Å². The number of rotatable bonds is 8. The van der Waals surface area contributed by atoms with Gasteiger partial charge in [-0.2, -0.15) is 0 Å². The number of methoxy groups -OCH3 is 1. The smallest absolute Gasteiger partial charge is 0.205 e. The van der Waals surface area contributed by atoms with E-state index < -0.39 is 0 Å². The molecule has 1 heterocycles. The van der Waals surface area contributed by atoms with Gasteiger partial charge in [-0.15, -0.1) is 10.2 Å². The summed E-state index contributed by atoms with van der Waals surface area (Å²) < 4.78 is 5.13. The van der Waals surface area contributed by atoms with Gasteiger partial charge in [0.1, 0.15) is 5.01 Å². The maximum Gasteiger partial charge on any atom is 0.205 e. The van der Waals surface area contributed by atoms with Gasteiger partial charge in [-0.25, -0.2) is 0 Å². The number of hydrogen-bond acceptors (Lipinski definition) is 6.